The van der Waals surface area contributed by atoms with E-state index in [4.69, 9.17) is 9.84 Å². The molecule has 0 saturated carbocycles. The van der Waals surface area contributed by atoms with Crippen molar-refractivity contribution >= 4 is 5.97 Å². The van der Waals surface area contributed by atoms with Crippen molar-refractivity contribution in [3.63, 3.8) is 0 Å². The standard InChI is InChI=1S/C20H32O3/c1-6-19(5,7-2)15-20(8-3,9-4)16-10-12-17(13-11-16)23-14-18(21)22/h10-13H,6-9,14-15H2,1-5H3,(H,21,22). The van der Waals surface area contributed by atoms with Gasteiger partial charge in [0, 0.05) is 0 Å². The molecule has 1 aromatic rings. The van der Waals surface area contributed by atoms with Crippen molar-refractivity contribution < 1.29 is 14.6 Å². The number of hydrogen-bond donors (Lipinski definition) is 1. The van der Waals surface area contributed by atoms with Crippen molar-refractivity contribution in [1.29, 1.82) is 0 Å². The third-order valence-corrected chi connectivity index (χ3v) is 5.65. The molecule has 0 fully saturated rings. The zero-order valence-corrected chi connectivity index (χ0v) is 15.3. The molecule has 0 spiro atoms. The molecular formula is C20H32O3. The highest BCUT2D eigenvalue weighted by atomic mass is 16.5. The second kappa shape index (κ2) is 8.37. The maximum absolute atomic E-state index is 10.6. The number of hydrogen-bond acceptors (Lipinski definition) is 2. The van der Waals surface area contributed by atoms with Crippen LogP contribution in [0.25, 0.3) is 0 Å². The number of rotatable bonds is 10. The zero-order valence-electron chi connectivity index (χ0n) is 15.3. The number of ether oxygens (including phenoxy) is 1. The molecule has 0 atom stereocenters. The quantitative estimate of drug-likeness (QED) is 0.625. The third-order valence-electron chi connectivity index (χ3n) is 5.65. The van der Waals surface area contributed by atoms with E-state index in [-0.39, 0.29) is 12.0 Å². The minimum atomic E-state index is -0.952. The van der Waals surface area contributed by atoms with E-state index >= 15 is 0 Å². The molecular weight excluding hydrogens is 288 g/mol. The van der Waals surface area contributed by atoms with Gasteiger partial charge in [0.1, 0.15) is 5.75 Å². The summed E-state index contributed by atoms with van der Waals surface area (Å²) in [6.45, 7) is 11.2. The van der Waals surface area contributed by atoms with Gasteiger partial charge >= 0.3 is 5.97 Å². The summed E-state index contributed by atoms with van der Waals surface area (Å²) in [4.78, 5) is 10.6. The molecule has 0 aliphatic heterocycles. The summed E-state index contributed by atoms with van der Waals surface area (Å²) in [6.07, 6.45) is 5.76. The van der Waals surface area contributed by atoms with Gasteiger partial charge in [0.05, 0.1) is 0 Å². The minimum Gasteiger partial charge on any atom is -0.482 e. The Morgan fingerprint density at radius 3 is 1.91 bits per heavy atom. The lowest BCUT2D eigenvalue weighted by Crippen LogP contribution is -2.32. The van der Waals surface area contributed by atoms with E-state index < -0.39 is 5.97 Å². The van der Waals surface area contributed by atoms with E-state index in [0.717, 1.165) is 12.8 Å². The Bertz CT molecular complexity index is 482. The summed E-state index contributed by atoms with van der Waals surface area (Å²) < 4.78 is 5.25. The first kappa shape index (κ1) is 19.5. The Balaban J connectivity index is 3.02. The molecule has 23 heavy (non-hydrogen) atoms. The predicted molar refractivity (Wildman–Crippen MR) is 95.1 cm³/mol. The SMILES string of the molecule is CCC(C)(CC)CC(CC)(CC)c1ccc(OCC(=O)O)cc1. The van der Waals surface area contributed by atoms with Crippen LogP contribution >= 0.6 is 0 Å². The van der Waals surface area contributed by atoms with E-state index in [9.17, 15) is 4.79 Å². The van der Waals surface area contributed by atoms with E-state index in [1.54, 1.807) is 0 Å². The van der Waals surface area contributed by atoms with Crippen LogP contribution in [0.4, 0.5) is 0 Å². The fourth-order valence-electron chi connectivity index (χ4n) is 3.38. The molecule has 1 N–H and O–H groups in total. The second-order valence-corrected chi connectivity index (χ2v) is 6.89. The predicted octanol–water partition coefficient (Wildman–Crippen LogP) is 5.42. The Kier molecular flexibility index (Phi) is 7.11. The molecule has 0 radical (unpaired) electrons. The molecule has 130 valence electrons. The number of aliphatic carboxylic acids is 1. The summed E-state index contributed by atoms with van der Waals surface area (Å²) in [6, 6.07) is 8.01. The molecule has 0 unspecified atom stereocenters. The summed E-state index contributed by atoms with van der Waals surface area (Å²) >= 11 is 0. The number of carboxylic acids is 1. The summed E-state index contributed by atoms with van der Waals surface area (Å²) in [7, 11) is 0. The van der Waals surface area contributed by atoms with Crippen molar-refractivity contribution in [1.82, 2.24) is 0 Å². The van der Waals surface area contributed by atoms with Crippen molar-refractivity contribution in [2.45, 2.75) is 72.1 Å². The third kappa shape index (κ3) is 4.98. The van der Waals surface area contributed by atoms with Gasteiger partial charge in [0.15, 0.2) is 6.61 Å². The van der Waals surface area contributed by atoms with Gasteiger partial charge in [-0.1, -0.05) is 59.6 Å². The highest BCUT2D eigenvalue weighted by Gasteiger charge is 2.35. The Hall–Kier alpha value is -1.51. The van der Waals surface area contributed by atoms with Gasteiger partial charge < -0.3 is 9.84 Å². The van der Waals surface area contributed by atoms with Crippen LogP contribution in [-0.2, 0) is 10.2 Å². The number of benzene rings is 1. The first-order chi connectivity index (χ1) is 10.8. The highest BCUT2D eigenvalue weighted by molar-refractivity contribution is 5.68. The van der Waals surface area contributed by atoms with Crippen molar-refractivity contribution in [3.05, 3.63) is 29.8 Å². The van der Waals surface area contributed by atoms with Crippen LogP contribution in [0.3, 0.4) is 0 Å². The van der Waals surface area contributed by atoms with Crippen LogP contribution in [0, 0.1) is 5.41 Å². The highest BCUT2D eigenvalue weighted by Crippen LogP contribution is 2.45. The molecule has 1 aromatic carbocycles. The minimum absolute atomic E-state index is 0.173. The van der Waals surface area contributed by atoms with Gasteiger partial charge in [0.2, 0.25) is 0 Å². The van der Waals surface area contributed by atoms with E-state index in [0.29, 0.717) is 11.2 Å². The topological polar surface area (TPSA) is 46.5 Å². The molecule has 0 bridgehead atoms. The molecule has 0 aliphatic carbocycles. The van der Waals surface area contributed by atoms with Crippen molar-refractivity contribution in [2.24, 2.45) is 5.41 Å². The van der Waals surface area contributed by atoms with Gasteiger partial charge in [-0.15, -0.1) is 0 Å². The van der Waals surface area contributed by atoms with Gasteiger partial charge in [0.25, 0.3) is 0 Å². The maximum atomic E-state index is 10.6. The van der Waals surface area contributed by atoms with Crippen LogP contribution in [0.15, 0.2) is 24.3 Å². The first-order valence-corrected chi connectivity index (χ1v) is 8.80. The van der Waals surface area contributed by atoms with Crippen molar-refractivity contribution in [3.8, 4) is 5.75 Å². The molecule has 0 amide bonds. The average molecular weight is 320 g/mol. The van der Waals surface area contributed by atoms with E-state index in [2.05, 4.69) is 46.8 Å². The van der Waals surface area contributed by atoms with Gasteiger partial charge in [-0.2, -0.15) is 0 Å². The van der Waals surface area contributed by atoms with Gasteiger partial charge in [-0.25, -0.2) is 4.79 Å². The fraction of sp³-hybridized carbons (Fsp3) is 0.650. The van der Waals surface area contributed by atoms with Crippen LogP contribution < -0.4 is 4.74 Å². The zero-order chi connectivity index (χ0) is 17.5. The fourth-order valence-corrected chi connectivity index (χ4v) is 3.38. The van der Waals surface area contributed by atoms with E-state index in [1.165, 1.54) is 24.8 Å². The molecule has 3 nitrogen and oxygen atoms in total. The van der Waals surface area contributed by atoms with Crippen molar-refractivity contribution in [2.75, 3.05) is 6.61 Å². The summed E-state index contributed by atoms with van der Waals surface area (Å²) in [5.41, 5.74) is 1.86. The van der Waals surface area contributed by atoms with Crippen LogP contribution in [0.1, 0.15) is 72.3 Å². The Morgan fingerprint density at radius 2 is 1.52 bits per heavy atom. The lowest BCUT2D eigenvalue weighted by Gasteiger charge is -2.41. The summed E-state index contributed by atoms with van der Waals surface area (Å²) in [5.74, 6) is -0.335. The molecule has 0 saturated heterocycles. The smallest absolute Gasteiger partial charge is 0.341 e. The maximum Gasteiger partial charge on any atom is 0.341 e. The summed E-state index contributed by atoms with van der Waals surface area (Å²) in [5, 5.41) is 8.69. The lowest BCUT2D eigenvalue weighted by atomic mass is 9.64. The molecule has 0 aliphatic rings. The second-order valence-electron chi connectivity index (χ2n) is 6.89. The van der Waals surface area contributed by atoms with Gasteiger partial charge in [-0.05, 0) is 47.8 Å². The Morgan fingerprint density at radius 1 is 1.00 bits per heavy atom. The average Bonchev–Trinajstić information content (AvgIpc) is 2.58. The Labute approximate surface area is 141 Å². The number of carbonyl (C=O) groups is 1. The van der Waals surface area contributed by atoms with E-state index in [1.807, 2.05) is 12.1 Å². The molecule has 0 aromatic heterocycles. The lowest BCUT2D eigenvalue weighted by molar-refractivity contribution is -0.139. The molecule has 3 heteroatoms. The largest absolute Gasteiger partial charge is 0.482 e. The molecule has 0 heterocycles. The number of carboxylic acid groups (broad SMARTS) is 1. The monoisotopic (exact) mass is 320 g/mol. The van der Waals surface area contributed by atoms with Crippen LogP contribution in [-0.4, -0.2) is 17.7 Å². The van der Waals surface area contributed by atoms with Gasteiger partial charge in [-0.3, -0.25) is 0 Å². The molecule has 1 rings (SSSR count). The normalized spacial score (nSPS) is 12.2. The first-order valence-electron chi connectivity index (χ1n) is 8.80. The van der Waals surface area contributed by atoms with Crippen LogP contribution in [0.2, 0.25) is 0 Å². The van der Waals surface area contributed by atoms with Crippen LogP contribution in [0.5, 0.6) is 5.75 Å².